The maximum atomic E-state index is 13.0. The van der Waals surface area contributed by atoms with E-state index in [4.69, 9.17) is 4.74 Å². The molecule has 352 valence electrons. The van der Waals surface area contributed by atoms with E-state index < -0.39 is 5.60 Å². The summed E-state index contributed by atoms with van der Waals surface area (Å²) in [6, 6.07) is 43.0. The van der Waals surface area contributed by atoms with E-state index in [0.29, 0.717) is 37.8 Å². The highest BCUT2D eigenvalue weighted by Crippen LogP contribution is 2.23. The van der Waals surface area contributed by atoms with Crippen LogP contribution in [0, 0.1) is 11.8 Å². The van der Waals surface area contributed by atoms with Crippen molar-refractivity contribution in [3.63, 3.8) is 0 Å². The van der Waals surface area contributed by atoms with Crippen LogP contribution in [0.15, 0.2) is 121 Å². The summed E-state index contributed by atoms with van der Waals surface area (Å²) in [5, 5.41) is 10.1. The van der Waals surface area contributed by atoms with Crippen molar-refractivity contribution in [2.75, 3.05) is 26.2 Å². The van der Waals surface area contributed by atoms with Crippen LogP contribution in [-0.4, -0.2) is 66.7 Å². The number of hydrogen-bond acceptors (Lipinski definition) is 5. The minimum absolute atomic E-state index is 0.148. The lowest BCUT2D eigenvalue weighted by atomic mass is 9.93. The maximum absolute atomic E-state index is 13.0. The number of aryl methyl sites for hydroxylation is 4. The van der Waals surface area contributed by atoms with E-state index in [9.17, 15) is 14.4 Å². The molecular weight excluding hydrogens is 805 g/mol. The zero-order valence-electron chi connectivity index (χ0n) is 40.0. The molecule has 0 bridgehead atoms. The quantitative estimate of drug-likeness (QED) is 0.0730. The number of likely N-dealkylation sites (tertiary alicyclic amines) is 1. The standard InChI is InChI=1S/C31H44N2O3.C26H36N2O/c1-31(2,3)36-30(35)33-22-20-27(21-23-33)24-29(34)32-28(18-10-16-25-12-6-4-7-13-25)19-11-17-26-14-8-5-9-15-26;29-26(21-24-17-19-27-20-18-24)28-25(15-7-13-22-9-3-1-4-10-22)16-8-14-23-11-5-2-6-12-23/h4-9,12-15,27-28H,10-11,16-24H2,1-3H3,(H,32,34);1-6,9-12,24-25,27H,7-8,13-21H2,(H,28,29). The van der Waals surface area contributed by atoms with E-state index in [0.717, 1.165) is 116 Å². The molecule has 0 aliphatic carbocycles. The number of ether oxygens (including phenoxy) is 1. The molecule has 3 amide bonds. The van der Waals surface area contributed by atoms with Crippen molar-refractivity contribution in [1.29, 1.82) is 0 Å². The van der Waals surface area contributed by atoms with Crippen LogP contribution in [0.5, 0.6) is 0 Å². The van der Waals surface area contributed by atoms with Crippen LogP contribution < -0.4 is 16.0 Å². The molecule has 8 nitrogen and oxygen atoms in total. The lowest BCUT2D eigenvalue weighted by Gasteiger charge is -2.33. The molecule has 6 rings (SSSR count). The van der Waals surface area contributed by atoms with Crippen LogP contribution in [0.25, 0.3) is 0 Å². The van der Waals surface area contributed by atoms with Crippen molar-refractivity contribution in [1.82, 2.24) is 20.9 Å². The molecule has 0 atom stereocenters. The van der Waals surface area contributed by atoms with Gasteiger partial charge in [0.25, 0.3) is 0 Å². The average molecular weight is 885 g/mol. The van der Waals surface area contributed by atoms with Crippen LogP contribution >= 0.6 is 0 Å². The fraction of sp³-hybridized carbons (Fsp3) is 0.526. The monoisotopic (exact) mass is 885 g/mol. The van der Waals surface area contributed by atoms with Gasteiger partial charge in [-0.15, -0.1) is 0 Å². The molecule has 2 heterocycles. The van der Waals surface area contributed by atoms with Gasteiger partial charge in [0.15, 0.2) is 0 Å². The minimum atomic E-state index is -0.482. The first kappa shape index (κ1) is 51.0. The second kappa shape index (κ2) is 28.8. The Labute approximate surface area is 392 Å². The number of rotatable bonds is 22. The van der Waals surface area contributed by atoms with Crippen molar-refractivity contribution in [3.05, 3.63) is 144 Å². The molecule has 2 aliphatic rings. The molecule has 4 aromatic rings. The lowest BCUT2D eigenvalue weighted by Crippen LogP contribution is -2.43. The van der Waals surface area contributed by atoms with Gasteiger partial charge in [-0.05, 0) is 171 Å². The fourth-order valence-electron chi connectivity index (χ4n) is 9.20. The Bertz CT molecular complexity index is 1800. The van der Waals surface area contributed by atoms with Crippen molar-refractivity contribution in [3.8, 4) is 0 Å². The van der Waals surface area contributed by atoms with Crippen molar-refractivity contribution in [2.45, 2.75) is 154 Å². The van der Waals surface area contributed by atoms with E-state index in [2.05, 4.69) is 125 Å². The Balaban J connectivity index is 0.000000250. The Morgan fingerprint density at radius 3 is 1.18 bits per heavy atom. The molecule has 2 saturated heterocycles. The lowest BCUT2D eigenvalue weighted by molar-refractivity contribution is -0.124. The van der Waals surface area contributed by atoms with Gasteiger partial charge in [0.1, 0.15) is 5.60 Å². The smallest absolute Gasteiger partial charge is 0.410 e. The number of nitrogens with one attached hydrogen (secondary N) is 3. The largest absolute Gasteiger partial charge is 0.444 e. The molecule has 0 radical (unpaired) electrons. The van der Waals surface area contributed by atoms with Crippen molar-refractivity contribution in [2.24, 2.45) is 11.8 Å². The van der Waals surface area contributed by atoms with Gasteiger partial charge >= 0.3 is 6.09 Å². The molecule has 8 heteroatoms. The van der Waals surface area contributed by atoms with Crippen LogP contribution in [0.1, 0.15) is 133 Å². The van der Waals surface area contributed by atoms with Crippen molar-refractivity contribution >= 4 is 17.9 Å². The topological polar surface area (TPSA) is 99.8 Å². The summed E-state index contributed by atoms with van der Waals surface area (Å²) in [7, 11) is 0. The number of amides is 3. The van der Waals surface area contributed by atoms with Gasteiger partial charge in [-0.2, -0.15) is 0 Å². The van der Waals surface area contributed by atoms with Crippen LogP contribution in [0.3, 0.4) is 0 Å². The normalized spacial score (nSPS) is 14.7. The van der Waals surface area contributed by atoms with Gasteiger partial charge in [0.05, 0.1) is 0 Å². The number of carbonyl (C=O) groups is 3. The van der Waals surface area contributed by atoms with Crippen molar-refractivity contribution < 1.29 is 19.1 Å². The molecule has 4 aromatic carbocycles. The van der Waals surface area contributed by atoms with E-state index >= 15 is 0 Å². The molecule has 0 spiro atoms. The van der Waals surface area contributed by atoms with E-state index in [1.54, 1.807) is 4.90 Å². The van der Waals surface area contributed by atoms with Gasteiger partial charge in [0.2, 0.25) is 11.8 Å². The van der Waals surface area contributed by atoms with Crippen LogP contribution in [0.4, 0.5) is 4.79 Å². The molecule has 2 aliphatic heterocycles. The zero-order chi connectivity index (χ0) is 46.0. The third kappa shape index (κ3) is 21.7. The van der Waals surface area contributed by atoms with Gasteiger partial charge in [-0.3, -0.25) is 9.59 Å². The number of benzene rings is 4. The van der Waals surface area contributed by atoms with E-state index in [-0.39, 0.29) is 30.0 Å². The van der Waals surface area contributed by atoms with Gasteiger partial charge in [-0.1, -0.05) is 121 Å². The summed E-state index contributed by atoms with van der Waals surface area (Å²) in [6.45, 7) is 9.08. The highest BCUT2D eigenvalue weighted by atomic mass is 16.6. The van der Waals surface area contributed by atoms with Gasteiger partial charge in [-0.25, -0.2) is 4.79 Å². The molecular formula is C57H80N4O4. The molecule has 3 N–H and O–H groups in total. The summed E-state index contributed by atoms with van der Waals surface area (Å²) < 4.78 is 5.49. The Morgan fingerprint density at radius 2 is 0.862 bits per heavy atom. The summed E-state index contributed by atoms with van der Waals surface area (Å²) in [4.78, 5) is 39.7. The fourth-order valence-corrected chi connectivity index (χ4v) is 9.20. The molecule has 2 fully saturated rings. The third-order valence-corrected chi connectivity index (χ3v) is 12.8. The number of hydrogen-bond donors (Lipinski definition) is 3. The molecule has 0 unspecified atom stereocenters. The minimum Gasteiger partial charge on any atom is -0.444 e. The first-order valence-corrected chi connectivity index (χ1v) is 25.0. The summed E-state index contributed by atoms with van der Waals surface area (Å²) in [5.41, 5.74) is 4.99. The van der Waals surface area contributed by atoms with E-state index in [1.807, 2.05) is 32.9 Å². The molecule has 0 aromatic heterocycles. The summed E-state index contributed by atoms with van der Waals surface area (Å²) >= 11 is 0. The maximum Gasteiger partial charge on any atom is 0.410 e. The Kier molecular flexibility index (Phi) is 22.7. The van der Waals surface area contributed by atoms with E-state index in [1.165, 1.54) is 22.3 Å². The Morgan fingerprint density at radius 1 is 0.538 bits per heavy atom. The summed E-state index contributed by atoms with van der Waals surface area (Å²) in [5.74, 6) is 1.26. The predicted octanol–water partition coefficient (Wildman–Crippen LogP) is 11.5. The highest BCUT2D eigenvalue weighted by Gasteiger charge is 2.28. The number of carbonyl (C=O) groups excluding carboxylic acids is 3. The third-order valence-electron chi connectivity index (χ3n) is 12.8. The van der Waals surface area contributed by atoms with Crippen LogP contribution in [0.2, 0.25) is 0 Å². The molecule has 0 saturated carbocycles. The number of piperidine rings is 2. The second-order valence-corrected chi connectivity index (χ2v) is 19.6. The average Bonchev–Trinajstić information content (AvgIpc) is 3.30. The SMILES string of the molecule is CC(C)(C)OC(=O)N1CCC(CC(=O)NC(CCCc2ccccc2)CCCc2ccccc2)CC1.O=C(CC1CCNCC1)NC(CCCc1ccccc1)CCCc1ccccc1. The first-order chi connectivity index (χ1) is 31.6. The van der Waals surface area contributed by atoms with Gasteiger partial charge in [0, 0.05) is 38.0 Å². The predicted molar refractivity (Wildman–Crippen MR) is 267 cm³/mol. The Hall–Kier alpha value is -4.95. The second-order valence-electron chi connectivity index (χ2n) is 19.6. The van der Waals surface area contributed by atoms with Crippen LogP contribution in [-0.2, 0) is 40.0 Å². The summed E-state index contributed by atoms with van der Waals surface area (Å²) in [6.07, 6.45) is 17.6. The first-order valence-electron chi connectivity index (χ1n) is 25.0. The highest BCUT2D eigenvalue weighted by molar-refractivity contribution is 5.77. The number of nitrogens with zero attached hydrogens (tertiary/aromatic N) is 1. The zero-order valence-corrected chi connectivity index (χ0v) is 40.0. The molecule has 65 heavy (non-hydrogen) atoms. The van der Waals surface area contributed by atoms with Gasteiger partial charge < -0.3 is 25.6 Å².